The van der Waals surface area contributed by atoms with Gasteiger partial charge in [-0.15, -0.1) is 0 Å². The van der Waals surface area contributed by atoms with Crippen molar-refractivity contribution in [3.63, 3.8) is 0 Å². The molecule has 0 spiro atoms. The predicted octanol–water partition coefficient (Wildman–Crippen LogP) is 3.32. The molecular weight excluding hydrogens is 362 g/mol. The minimum atomic E-state index is 0.202. The molecule has 1 saturated heterocycles. The Morgan fingerprint density at radius 2 is 2.07 bits per heavy atom. The second-order valence-electron chi connectivity index (χ2n) is 7.63. The van der Waals surface area contributed by atoms with Gasteiger partial charge in [0.25, 0.3) is 0 Å². The molecule has 0 radical (unpaired) electrons. The van der Waals surface area contributed by atoms with E-state index in [-0.39, 0.29) is 5.41 Å². The zero-order valence-electron chi connectivity index (χ0n) is 16.5. The maximum absolute atomic E-state index is 6.04. The summed E-state index contributed by atoms with van der Waals surface area (Å²) in [6, 6.07) is 8.28. The van der Waals surface area contributed by atoms with Gasteiger partial charge in [-0.2, -0.15) is 0 Å². The van der Waals surface area contributed by atoms with E-state index in [1.54, 1.807) is 7.11 Å². The number of likely N-dealkylation sites (tertiary alicyclic amines) is 1. The van der Waals surface area contributed by atoms with Crippen LogP contribution in [0.25, 0.3) is 0 Å². The first-order valence-corrected chi connectivity index (χ1v) is 10.4. The Balaban J connectivity index is 1.56. The van der Waals surface area contributed by atoms with Crippen molar-refractivity contribution in [1.82, 2.24) is 10.2 Å². The summed E-state index contributed by atoms with van der Waals surface area (Å²) >= 11 is 6.04. The number of hydrogen-bond donors (Lipinski definition) is 1. The second-order valence-corrected chi connectivity index (χ2v) is 8.06. The number of rotatable bonds is 9. The molecule has 1 aliphatic heterocycles. The minimum Gasteiger partial charge on any atom is -0.382 e. The average molecular weight is 394 g/mol. The molecule has 0 amide bonds. The van der Waals surface area contributed by atoms with Crippen molar-refractivity contribution in [2.75, 3.05) is 53.1 Å². The minimum absolute atomic E-state index is 0.202. The molecule has 2 aliphatic rings. The molecule has 0 bridgehead atoms. The van der Waals surface area contributed by atoms with Crippen LogP contribution in [0.1, 0.15) is 31.7 Å². The molecule has 1 aliphatic carbocycles. The van der Waals surface area contributed by atoms with Crippen LogP contribution in [-0.2, 0) is 14.9 Å². The van der Waals surface area contributed by atoms with E-state index in [0.29, 0.717) is 19.1 Å². The number of benzene rings is 1. The van der Waals surface area contributed by atoms with Crippen LogP contribution in [0.15, 0.2) is 29.3 Å². The predicted molar refractivity (Wildman–Crippen MR) is 111 cm³/mol. The Kier molecular flexibility index (Phi) is 7.39. The number of hydrogen-bond acceptors (Lipinski definition) is 3. The van der Waals surface area contributed by atoms with Crippen molar-refractivity contribution in [3.05, 3.63) is 34.9 Å². The van der Waals surface area contributed by atoms with E-state index in [0.717, 1.165) is 50.2 Å². The summed E-state index contributed by atoms with van der Waals surface area (Å²) in [6.07, 6.45) is 3.56. The monoisotopic (exact) mass is 393 g/mol. The molecule has 3 rings (SSSR count). The van der Waals surface area contributed by atoms with Gasteiger partial charge in [0.05, 0.1) is 26.4 Å². The number of aliphatic imine (C=N–C) groups is 1. The van der Waals surface area contributed by atoms with Gasteiger partial charge in [-0.25, -0.2) is 0 Å². The van der Waals surface area contributed by atoms with Gasteiger partial charge >= 0.3 is 0 Å². The Bertz CT molecular complexity index is 616. The third-order valence-electron chi connectivity index (χ3n) is 5.55. The fourth-order valence-electron chi connectivity index (χ4n) is 3.70. The summed E-state index contributed by atoms with van der Waals surface area (Å²) in [5.74, 6) is 1.61. The molecule has 1 saturated carbocycles. The van der Waals surface area contributed by atoms with Gasteiger partial charge in [0.15, 0.2) is 5.96 Å². The van der Waals surface area contributed by atoms with Crippen LogP contribution in [0.5, 0.6) is 0 Å². The van der Waals surface area contributed by atoms with Crippen LogP contribution in [0.2, 0.25) is 5.02 Å². The third kappa shape index (κ3) is 5.59. The topological polar surface area (TPSA) is 46.1 Å². The number of ether oxygens (including phenoxy) is 2. The van der Waals surface area contributed by atoms with Crippen LogP contribution in [0.3, 0.4) is 0 Å². The molecule has 1 unspecified atom stereocenters. The van der Waals surface area contributed by atoms with Gasteiger partial charge in [0.2, 0.25) is 0 Å². The van der Waals surface area contributed by atoms with E-state index in [4.69, 9.17) is 26.1 Å². The first-order chi connectivity index (χ1) is 13.2. The zero-order valence-corrected chi connectivity index (χ0v) is 17.3. The summed E-state index contributed by atoms with van der Waals surface area (Å²) < 4.78 is 10.8. The van der Waals surface area contributed by atoms with Crippen molar-refractivity contribution in [2.24, 2.45) is 10.9 Å². The fourth-order valence-corrected chi connectivity index (χ4v) is 3.82. The number of guanidine groups is 1. The lowest BCUT2D eigenvalue weighted by molar-refractivity contribution is 0.0536. The van der Waals surface area contributed by atoms with Crippen molar-refractivity contribution < 1.29 is 9.47 Å². The highest BCUT2D eigenvalue weighted by atomic mass is 35.5. The molecule has 0 aromatic heterocycles. The molecule has 27 heavy (non-hydrogen) atoms. The Hall–Kier alpha value is -1.30. The van der Waals surface area contributed by atoms with Gasteiger partial charge in [0.1, 0.15) is 0 Å². The number of nitrogens with one attached hydrogen (secondary N) is 1. The van der Waals surface area contributed by atoms with Crippen LogP contribution in [0, 0.1) is 5.92 Å². The summed E-state index contributed by atoms with van der Waals surface area (Å²) in [5, 5.41) is 4.27. The molecule has 1 N–H and O–H groups in total. The second kappa shape index (κ2) is 9.76. The highest BCUT2D eigenvalue weighted by Gasteiger charge is 2.44. The maximum Gasteiger partial charge on any atom is 0.193 e. The summed E-state index contributed by atoms with van der Waals surface area (Å²) in [6.45, 7) is 8.03. The van der Waals surface area contributed by atoms with Gasteiger partial charge in [-0.1, -0.05) is 23.7 Å². The molecule has 1 aromatic rings. The van der Waals surface area contributed by atoms with E-state index in [1.165, 1.54) is 18.4 Å². The van der Waals surface area contributed by atoms with Gasteiger partial charge in [0, 0.05) is 43.1 Å². The van der Waals surface area contributed by atoms with Crippen molar-refractivity contribution in [1.29, 1.82) is 0 Å². The molecule has 1 heterocycles. The molecule has 1 atom stereocenters. The molecule has 2 fully saturated rings. The highest BCUT2D eigenvalue weighted by molar-refractivity contribution is 6.30. The Labute approximate surface area is 168 Å². The van der Waals surface area contributed by atoms with Gasteiger partial charge in [-0.3, -0.25) is 4.99 Å². The van der Waals surface area contributed by atoms with Crippen LogP contribution >= 0.6 is 11.6 Å². The zero-order chi connectivity index (χ0) is 19.1. The number of methoxy groups -OCH3 is 1. The molecular formula is C21H32ClN3O2. The Morgan fingerprint density at radius 3 is 2.74 bits per heavy atom. The number of nitrogens with zero attached hydrogens (tertiary/aromatic N) is 2. The molecule has 1 aromatic carbocycles. The molecule has 5 nitrogen and oxygen atoms in total. The van der Waals surface area contributed by atoms with E-state index in [2.05, 4.69) is 29.3 Å². The van der Waals surface area contributed by atoms with Crippen LogP contribution in [0.4, 0.5) is 0 Å². The SMILES string of the molecule is CCNC(=NCC1(c2ccc(Cl)cc2)CC1)N1CCC(COCCOC)C1. The third-order valence-corrected chi connectivity index (χ3v) is 5.80. The number of halogens is 1. The fraction of sp³-hybridized carbons (Fsp3) is 0.667. The van der Waals surface area contributed by atoms with Crippen LogP contribution < -0.4 is 5.32 Å². The average Bonchev–Trinajstić information content (AvgIpc) is 3.32. The normalized spacial score (nSPS) is 21.5. The van der Waals surface area contributed by atoms with E-state index < -0.39 is 0 Å². The van der Waals surface area contributed by atoms with E-state index >= 15 is 0 Å². The smallest absolute Gasteiger partial charge is 0.193 e. The molecule has 150 valence electrons. The lowest BCUT2D eigenvalue weighted by atomic mass is 9.96. The Morgan fingerprint density at radius 1 is 1.30 bits per heavy atom. The quantitative estimate of drug-likeness (QED) is 0.397. The first kappa shape index (κ1) is 20.4. The van der Waals surface area contributed by atoms with Crippen molar-refractivity contribution in [2.45, 2.75) is 31.6 Å². The van der Waals surface area contributed by atoms with E-state index in [1.807, 2.05) is 12.1 Å². The highest BCUT2D eigenvalue weighted by Crippen LogP contribution is 2.48. The summed E-state index contributed by atoms with van der Waals surface area (Å²) in [4.78, 5) is 7.39. The van der Waals surface area contributed by atoms with E-state index in [9.17, 15) is 0 Å². The van der Waals surface area contributed by atoms with Crippen molar-refractivity contribution >= 4 is 17.6 Å². The van der Waals surface area contributed by atoms with Crippen molar-refractivity contribution in [3.8, 4) is 0 Å². The lowest BCUT2D eigenvalue weighted by Crippen LogP contribution is -2.40. The summed E-state index contributed by atoms with van der Waals surface area (Å²) in [5.41, 5.74) is 1.56. The molecule has 6 heteroatoms. The maximum atomic E-state index is 6.04. The van der Waals surface area contributed by atoms with Gasteiger partial charge in [-0.05, 0) is 43.9 Å². The lowest BCUT2D eigenvalue weighted by Gasteiger charge is -2.23. The van der Waals surface area contributed by atoms with Gasteiger partial charge < -0.3 is 19.7 Å². The standard InChI is InChI=1S/C21H32ClN3O2/c1-3-23-20(25-11-8-17(14-25)15-27-13-12-26-2)24-16-21(9-10-21)18-4-6-19(22)7-5-18/h4-7,17H,3,8-16H2,1-2H3,(H,23,24). The first-order valence-electron chi connectivity index (χ1n) is 10.0. The largest absolute Gasteiger partial charge is 0.382 e. The summed E-state index contributed by atoms with van der Waals surface area (Å²) in [7, 11) is 1.70. The van der Waals surface area contributed by atoms with Crippen LogP contribution in [-0.4, -0.2) is 64.0 Å².